The van der Waals surface area contributed by atoms with Crippen molar-refractivity contribution in [2.45, 2.75) is 6.54 Å². The lowest BCUT2D eigenvalue weighted by Gasteiger charge is -2.18. The first-order valence-electron chi connectivity index (χ1n) is 6.47. The summed E-state index contributed by atoms with van der Waals surface area (Å²) in [6.07, 6.45) is 0. The first-order chi connectivity index (χ1) is 10.4. The molecule has 0 saturated heterocycles. The Morgan fingerprint density at radius 1 is 1.14 bits per heavy atom. The van der Waals surface area contributed by atoms with Gasteiger partial charge in [-0.25, -0.2) is 4.39 Å². The number of halogens is 2. The number of hydrogen-bond donors (Lipinski definition) is 1. The molecule has 0 heterocycles. The van der Waals surface area contributed by atoms with Crippen LogP contribution in [0.25, 0.3) is 0 Å². The third-order valence-corrected chi connectivity index (χ3v) is 3.67. The maximum Gasteiger partial charge on any atom is 0.253 e. The van der Waals surface area contributed by atoms with E-state index in [0.29, 0.717) is 16.7 Å². The van der Waals surface area contributed by atoms with E-state index in [2.05, 4.69) is 15.9 Å². The van der Waals surface area contributed by atoms with Crippen molar-refractivity contribution in [2.75, 3.05) is 7.05 Å². The quantitative estimate of drug-likeness (QED) is 0.906. The van der Waals surface area contributed by atoms with Crippen LogP contribution in [-0.4, -0.2) is 23.8 Å². The van der Waals surface area contributed by atoms with Gasteiger partial charge >= 0.3 is 0 Å². The van der Waals surface area contributed by atoms with Gasteiger partial charge in [0.15, 0.2) is 0 Å². The van der Waals surface area contributed by atoms with Crippen LogP contribution in [0.3, 0.4) is 0 Å². The van der Waals surface area contributed by atoms with E-state index in [1.54, 1.807) is 19.2 Å². The van der Waals surface area contributed by atoms with Crippen molar-refractivity contribution in [1.82, 2.24) is 4.90 Å². The SMILES string of the molecule is CN(Cc1cc(Br)ccc1F)C(=O)c1ccc(C(N)=O)cc1. The number of primary amides is 1. The molecule has 2 N–H and O–H groups in total. The van der Waals surface area contributed by atoms with Crippen molar-refractivity contribution in [3.8, 4) is 0 Å². The van der Waals surface area contributed by atoms with Gasteiger partial charge in [0.05, 0.1) is 0 Å². The minimum Gasteiger partial charge on any atom is -0.366 e. The van der Waals surface area contributed by atoms with Crippen molar-refractivity contribution in [3.63, 3.8) is 0 Å². The molecule has 0 bridgehead atoms. The van der Waals surface area contributed by atoms with E-state index in [1.165, 1.54) is 35.2 Å². The van der Waals surface area contributed by atoms with Crippen LogP contribution in [0.15, 0.2) is 46.9 Å². The van der Waals surface area contributed by atoms with Crippen LogP contribution in [0.4, 0.5) is 4.39 Å². The molecule has 0 saturated carbocycles. The Morgan fingerprint density at radius 2 is 1.73 bits per heavy atom. The number of nitrogens with two attached hydrogens (primary N) is 1. The average molecular weight is 365 g/mol. The molecule has 2 aromatic carbocycles. The minimum absolute atomic E-state index is 0.141. The molecule has 22 heavy (non-hydrogen) atoms. The third-order valence-electron chi connectivity index (χ3n) is 3.18. The average Bonchev–Trinajstić information content (AvgIpc) is 2.50. The third kappa shape index (κ3) is 3.71. The molecule has 6 heteroatoms. The Kier molecular flexibility index (Phi) is 4.92. The summed E-state index contributed by atoms with van der Waals surface area (Å²) in [6.45, 7) is 0.141. The zero-order valence-corrected chi connectivity index (χ0v) is 13.4. The second-order valence-corrected chi connectivity index (χ2v) is 5.75. The molecule has 2 aromatic rings. The number of nitrogens with zero attached hydrogens (tertiary/aromatic N) is 1. The number of amides is 2. The van der Waals surface area contributed by atoms with E-state index in [9.17, 15) is 14.0 Å². The van der Waals surface area contributed by atoms with Crippen LogP contribution < -0.4 is 5.73 Å². The van der Waals surface area contributed by atoms with Crippen LogP contribution in [0.2, 0.25) is 0 Å². The molecule has 0 unspecified atom stereocenters. The summed E-state index contributed by atoms with van der Waals surface area (Å²) in [5.74, 6) is -1.19. The van der Waals surface area contributed by atoms with Crippen LogP contribution in [0.1, 0.15) is 26.3 Å². The Balaban J connectivity index is 2.15. The number of carbonyl (C=O) groups is 2. The first-order valence-corrected chi connectivity index (χ1v) is 7.27. The van der Waals surface area contributed by atoms with E-state index in [4.69, 9.17) is 5.73 Å². The second kappa shape index (κ2) is 6.70. The summed E-state index contributed by atoms with van der Waals surface area (Å²) in [4.78, 5) is 24.7. The predicted octanol–water partition coefficient (Wildman–Crippen LogP) is 2.96. The highest BCUT2D eigenvalue weighted by Crippen LogP contribution is 2.18. The van der Waals surface area contributed by atoms with Gasteiger partial charge in [0.25, 0.3) is 5.91 Å². The zero-order valence-electron chi connectivity index (χ0n) is 11.8. The molecular formula is C16H14BrFN2O2. The number of rotatable bonds is 4. The summed E-state index contributed by atoms with van der Waals surface area (Å²) in [6, 6.07) is 10.6. The van der Waals surface area contributed by atoms with E-state index in [-0.39, 0.29) is 18.3 Å². The van der Waals surface area contributed by atoms with E-state index in [0.717, 1.165) is 4.47 Å². The van der Waals surface area contributed by atoms with E-state index < -0.39 is 5.91 Å². The summed E-state index contributed by atoms with van der Waals surface area (Å²) >= 11 is 3.28. The molecule has 0 aliphatic carbocycles. The molecule has 0 fully saturated rings. The fourth-order valence-corrected chi connectivity index (χ4v) is 2.40. The van der Waals surface area contributed by atoms with Crippen molar-refractivity contribution >= 4 is 27.7 Å². The van der Waals surface area contributed by atoms with Gasteiger partial charge in [-0.15, -0.1) is 0 Å². The first kappa shape index (κ1) is 16.2. The Morgan fingerprint density at radius 3 is 2.32 bits per heavy atom. The highest BCUT2D eigenvalue weighted by atomic mass is 79.9. The van der Waals surface area contributed by atoms with Crippen LogP contribution in [0.5, 0.6) is 0 Å². The van der Waals surface area contributed by atoms with Crippen LogP contribution >= 0.6 is 15.9 Å². The van der Waals surface area contributed by atoms with Gasteiger partial charge in [0.1, 0.15) is 5.82 Å². The lowest BCUT2D eigenvalue weighted by molar-refractivity contribution is 0.0783. The van der Waals surface area contributed by atoms with E-state index in [1.807, 2.05) is 0 Å². The molecule has 0 spiro atoms. The lowest BCUT2D eigenvalue weighted by Crippen LogP contribution is -2.26. The van der Waals surface area contributed by atoms with Crippen LogP contribution in [-0.2, 0) is 6.54 Å². The Bertz CT molecular complexity index is 717. The molecule has 2 amide bonds. The monoisotopic (exact) mass is 364 g/mol. The highest BCUT2D eigenvalue weighted by molar-refractivity contribution is 9.10. The summed E-state index contributed by atoms with van der Waals surface area (Å²) < 4.78 is 14.5. The minimum atomic E-state index is -0.552. The zero-order chi connectivity index (χ0) is 16.3. The largest absolute Gasteiger partial charge is 0.366 e. The smallest absolute Gasteiger partial charge is 0.253 e. The van der Waals surface area contributed by atoms with Crippen molar-refractivity contribution in [1.29, 1.82) is 0 Å². The van der Waals surface area contributed by atoms with E-state index >= 15 is 0 Å². The normalized spacial score (nSPS) is 10.3. The van der Waals surface area contributed by atoms with Gasteiger partial charge in [0.2, 0.25) is 5.91 Å². The molecule has 0 aliphatic rings. The Labute approximate surface area is 135 Å². The van der Waals surface area contributed by atoms with Crippen LogP contribution in [0, 0.1) is 5.82 Å². The molecule has 0 aliphatic heterocycles. The second-order valence-electron chi connectivity index (χ2n) is 4.84. The molecule has 0 radical (unpaired) electrons. The van der Waals surface area contributed by atoms with Gasteiger partial charge in [-0.3, -0.25) is 9.59 Å². The molecule has 114 valence electrons. The number of benzene rings is 2. The maximum absolute atomic E-state index is 13.7. The molecule has 0 aromatic heterocycles. The molecule has 0 atom stereocenters. The van der Waals surface area contributed by atoms with Crippen molar-refractivity contribution in [2.24, 2.45) is 5.73 Å². The standard InChI is InChI=1S/C16H14BrFN2O2/c1-20(9-12-8-13(17)6-7-14(12)18)16(22)11-4-2-10(3-5-11)15(19)21/h2-8H,9H2,1H3,(H2,19,21). The van der Waals surface area contributed by atoms with Gasteiger partial charge < -0.3 is 10.6 Å². The van der Waals surface area contributed by atoms with Crippen molar-refractivity contribution < 1.29 is 14.0 Å². The maximum atomic E-state index is 13.7. The number of hydrogen-bond acceptors (Lipinski definition) is 2. The Hall–Kier alpha value is -2.21. The fraction of sp³-hybridized carbons (Fsp3) is 0.125. The predicted molar refractivity (Wildman–Crippen MR) is 84.9 cm³/mol. The molecule has 2 rings (SSSR count). The topological polar surface area (TPSA) is 63.4 Å². The summed E-state index contributed by atoms with van der Waals surface area (Å²) in [5, 5.41) is 0. The van der Waals surface area contributed by atoms with Gasteiger partial charge in [-0.1, -0.05) is 15.9 Å². The van der Waals surface area contributed by atoms with Gasteiger partial charge in [-0.05, 0) is 42.5 Å². The number of carbonyl (C=O) groups excluding carboxylic acids is 2. The lowest BCUT2D eigenvalue weighted by atomic mass is 10.1. The fourth-order valence-electron chi connectivity index (χ4n) is 1.99. The summed E-state index contributed by atoms with van der Waals surface area (Å²) in [5.41, 5.74) is 6.30. The van der Waals surface area contributed by atoms with Crippen molar-refractivity contribution in [3.05, 3.63) is 69.4 Å². The van der Waals surface area contributed by atoms with Gasteiger partial charge in [0, 0.05) is 34.8 Å². The molecule has 4 nitrogen and oxygen atoms in total. The highest BCUT2D eigenvalue weighted by Gasteiger charge is 2.14. The summed E-state index contributed by atoms with van der Waals surface area (Å²) in [7, 11) is 1.59. The van der Waals surface area contributed by atoms with Gasteiger partial charge in [-0.2, -0.15) is 0 Å². The molecular weight excluding hydrogens is 351 g/mol.